The normalized spacial score (nSPS) is 25.3. The number of alkyl halides is 3. The number of halogens is 3. The summed E-state index contributed by atoms with van der Waals surface area (Å²) in [5.41, 5.74) is -0.655. The van der Waals surface area contributed by atoms with Gasteiger partial charge in [0.1, 0.15) is 11.5 Å². The number of hydrogen-bond donors (Lipinski definition) is 1. The van der Waals surface area contributed by atoms with Crippen LogP contribution in [-0.2, 0) is 6.18 Å². The first-order valence-corrected chi connectivity index (χ1v) is 8.57. The van der Waals surface area contributed by atoms with E-state index in [9.17, 15) is 13.2 Å². The average molecular weight is 364 g/mol. The highest BCUT2D eigenvalue weighted by molar-refractivity contribution is 5.53. The Morgan fingerprint density at radius 2 is 1.92 bits per heavy atom. The lowest BCUT2D eigenvalue weighted by Crippen LogP contribution is -2.62. The van der Waals surface area contributed by atoms with E-state index in [4.69, 9.17) is 0 Å². The van der Waals surface area contributed by atoms with Crippen molar-refractivity contribution in [2.24, 2.45) is 0 Å². The summed E-state index contributed by atoms with van der Waals surface area (Å²) >= 11 is 0. The first kappa shape index (κ1) is 17.2. The zero-order valence-electron chi connectivity index (χ0n) is 14.1. The Bertz CT molecular complexity index is 759. The topological polar surface area (TPSA) is 57.2 Å². The molecular weight excluding hydrogens is 345 g/mol. The van der Waals surface area contributed by atoms with E-state index in [1.54, 1.807) is 18.2 Å². The molecule has 5 rings (SSSR count). The van der Waals surface area contributed by atoms with Gasteiger partial charge in [-0.05, 0) is 12.1 Å². The lowest BCUT2D eigenvalue weighted by molar-refractivity contribution is -0.141. The Labute approximate surface area is 149 Å². The maximum Gasteiger partial charge on any atom is 0.433 e. The molecule has 0 saturated carbocycles. The van der Waals surface area contributed by atoms with Gasteiger partial charge < -0.3 is 5.32 Å². The number of fused-ring (bicyclic) bond motifs is 3. The van der Waals surface area contributed by atoms with Crippen molar-refractivity contribution in [1.82, 2.24) is 24.8 Å². The zero-order chi connectivity index (χ0) is 18.1. The van der Waals surface area contributed by atoms with Gasteiger partial charge in [-0.3, -0.25) is 14.8 Å². The molecule has 1 N–H and O–H groups in total. The monoisotopic (exact) mass is 364 g/mol. The van der Waals surface area contributed by atoms with Crippen LogP contribution in [0.2, 0.25) is 0 Å². The van der Waals surface area contributed by atoms with Gasteiger partial charge in [0, 0.05) is 57.6 Å². The Kier molecular flexibility index (Phi) is 4.49. The Balaban J connectivity index is 1.57. The summed E-state index contributed by atoms with van der Waals surface area (Å²) in [5, 5.41) is 3.07. The summed E-state index contributed by atoms with van der Waals surface area (Å²) in [6, 6.07) is 6.22. The molecule has 2 aromatic heterocycles. The number of pyridine rings is 1. The molecule has 0 amide bonds. The van der Waals surface area contributed by atoms with E-state index in [0.29, 0.717) is 12.2 Å². The van der Waals surface area contributed by atoms with Crippen LogP contribution < -0.4 is 5.32 Å². The SMILES string of the molecule is FC(F)(F)c1cc(NCC2CN3CCN2CC3)nc(-c2ccccn2)n1. The zero-order valence-corrected chi connectivity index (χ0v) is 14.1. The van der Waals surface area contributed by atoms with Crippen molar-refractivity contribution in [2.45, 2.75) is 12.2 Å². The fraction of sp³-hybridized carbons (Fsp3) is 0.471. The molecule has 26 heavy (non-hydrogen) atoms. The number of anilines is 1. The molecule has 0 aliphatic carbocycles. The Morgan fingerprint density at radius 1 is 1.12 bits per heavy atom. The van der Waals surface area contributed by atoms with Gasteiger partial charge in [0.05, 0.1) is 0 Å². The number of rotatable bonds is 4. The minimum atomic E-state index is -4.54. The van der Waals surface area contributed by atoms with Gasteiger partial charge in [-0.2, -0.15) is 13.2 Å². The maximum atomic E-state index is 13.2. The van der Waals surface area contributed by atoms with Crippen molar-refractivity contribution in [3.05, 3.63) is 36.2 Å². The molecule has 3 aliphatic heterocycles. The fourth-order valence-electron chi connectivity index (χ4n) is 3.43. The van der Waals surface area contributed by atoms with Crippen LogP contribution >= 0.6 is 0 Å². The minimum absolute atomic E-state index is 0.0304. The van der Waals surface area contributed by atoms with Gasteiger partial charge in [-0.25, -0.2) is 9.97 Å². The predicted octanol–water partition coefficient (Wildman–Crippen LogP) is 1.97. The molecule has 0 aromatic carbocycles. The summed E-state index contributed by atoms with van der Waals surface area (Å²) in [5.74, 6) is 0.141. The lowest BCUT2D eigenvalue weighted by atomic mass is 10.1. The average Bonchev–Trinajstić information content (AvgIpc) is 2.67. The Hall–Kier alpha value is -2.26. The van der Waals surface area contributed by atoms with Gasteiger partial charge in [-0.1, -0.05) is 6.07 Å². The van der Waals surface area contributed by atoms with Crippen LogP contribution in [0.1, 0.15) is 5.69 Å². The van der Waals surface area contributed by atoms with Crippen LogP contribution in [0.25, 0.3) is 11.5 Å². The van der Waals surface area contributed by atoms with E-state index in [-0.39, 0.29) is 17.7 Å². The van der Waals surface area contributed by atoms with Gasteiger partial charge in [-0.15, -0.1) is 0 Å². The van der Waals surface area contributed by atoms with Crippen LogP contribution in [0.15, 0.2) is 30.5 Å². The molecule has 0 radical (unpaired) electrons. The molecule has 138 valence electrons. The molecule has 5 heterocycles. The van der Waals surface area contributed by atoms with Crippen molar-refractivity contribution >= 4 is 5.82 Å². The highest BCUT2D eigenvalue weighted by atomic mass is 19.4. The number of nitrogens with zero attached hydrogens (tertiary/aromatic N) is 5. The molecule has 3 fully saturated rings. The van der Waals surface area contributed by atoms with E-state index in [1.807, 2.05) is 0 Å². The number of piperazine rings is 3. The quantitative estimate of drug-likeness (QED) is 0.895. The number of nitrogens with one attached hydrogen (secondary N) is 1. The molecule has 9 heteroatoms. The van der Waals surface area contributed by atoms with E-state index in [0.717, 1.165) is 38.8 Å². The third-order valence-corrected chi connectivity index (χ3v) is 4.82. The van der Waals surface area contributed by atoms with Crippen LogP contribution in [0, 0.1) is 0 Å². The van der Waals surface area contributed by atoms with Crippen molar-refractivity contribution in [1.29, 1.82) is 0 Å². The molecule has 1 atom stereocenters. The highest BCUT2D eigenvalue weighted by Crippen LogP contribution is 2.30. The van der Waals surface area contributed by atoms with Crippen LogP contribution in [0.4, 0.5) is 19.0 Å². The lowest BCUT2D eigenvalue weighted by Gasteiger charge is -2.47. The van der Waals surface area contributed by atoms with Gasteiger partial charge in [0.2, 0.25) is 0 Å². The van der Waals surface area contributed by atoms with Crippen molar-refractivity contribution < 1.29 is 13.2 Å². The first-order chi connectivity index (χ1) is 12.5. The second-order valence-corrected chi connectivity index (χ2v) is 6.55. The molecule has 2 aromatic rings. The molecular formula is C17H19F3N6. The van der Waals surface area contributed by atoms with Crippen LogP contribution in [0.5, 0.6) is 0 Å². The summed E-state index contributed by atoms with van der Waals surface area (Å²) in [7, 11) is 0. The largest absolute Gasteiger partial charge is 0.433 e. The van der Waals surface area contributed by atoms with Gasteiger partial charge >= 0.3 is 6.18 Å². The van der Waals surface area contributed by atoms with E-state index in [1.165, 1.54) is 6.20 Å². The van der Waals surface area contributed by atoms with Gasteiger partial charge in [0.25, 0.3) is 0 Å². The second kappa shape index (κ2) is 6.81. The third kappa shape index (κ3) is 3.63. The van der Waals surface area contributed by atoms with Crippen molar-refractivity contribution in [3.8, 4) is 11.5 Å². The fourth-order valence-corrected chi connectivity index (χ4v) is 3.43. The molecule has 0 spiro atoms. The van der Waals surface area contributed by atoms with Gasteiger partial charge in [0.15, 0.2) is 11.5 Å². The third-order valence-electron chi connectivity index (χ3n) is 4.82. The van der Waals surface area contributed by atoms with E-state index in [2.05, 4.69) is 30.1 Å². The highest BCUT2D eigenvalue weighted by Gasteiger charge is 2.35. The molecule has 1 unspecified atom stereocenters. The molecule has 3 aliphatic rings. The standard InChI is InChI=1S/C17H19F3N6/c18-17(19,20)14-9-15(24-16(23-14)13-3-1-2-4-21-13)22-10-12-11-25-5-7-26(12)8-6-25/h1-4,9,12H,5-8,10-11H2,(H,22,23,24). The Morgan fingerprint density at radius 3 is 2.54 bits per heavy atom. The summed E-state index contributed by atoms with van der Waals surface area (Å²) in [4.78, 5) is 16.7. The number of aromatic nitrogens is 3. The number of hydrogen-bond acceptors (Lipinski definition) is 6. The second-order valence-electron chi connectivity index (χ2n) is 6.55. The summed E-state index contributed by atoms with van der Waals surface area (Å²) < 4.78 is 39.7. The van der Waals surface area contributed by atoms with Crippen LogP contribution in [0.3, 0.4) is 0 Å². The summed E-state index contributed by atoms with van der Waals surface area (Å²) in [6.07, 6.45) is -3.03. The maximum absolute atomic E-state index is 13.2. The minimum Gasteiger partial charge on any atom is -0.368 e. The predicted molar refractivity (Wildman–Crippen MR) is 90.6 cm³/mol. The molecule has 6 nitrogen and oxygen atoms in total. The van der Waals surface area contributed by atoms with Crippen LogP contribution in [-0.4, -0.2) is 70.1 Å². The van der Waals surface area contributed by atoms with E-state index < -0.39 is 11.9 Å². The van der Waals surface area contributed by atoms with E-state index >= 15 is 0 Å². The summed E-state index contributed by atoms with van der Waals surface area (Å²) in [6.45, 7) is 5.61. The smallest absolute Gasteiger partial charge is 0.368 e. The molecule has 2 bridgehead atoms. The van der Waals surface area contributed by atoms with Crippen molar-refractivity contribution in [3.63, 3.8) is 0 Å². The first-order valence-electron chi connectivity index (χ1n) is 8.57. The molecule has 3 saturated heterocycles. The van der Waals surface area contributed by atoms with Crippen molar-refractivity contribution in [2.75, 3.05) is 44.6 Å².